The van der Waals surface area contributed by atoms with Crippen LogP contribution in [-0.2, 0) is 0 Å². The average molecular weight is 385 g/mol. The van der Waals surface area contributed by atoms with Crippen molar-refractivity contribution in [3.05, 3.63) is 23.8 Å². The van der Waals surface area contributed by atoms with E-state index in [1.54, 1.807) is 5.57 Å². The van der Waals surface area contributed by atoms with E-state index in [0.717, 1.165) is 30.1 Å². The van der Waals surface area contributed by atoms with E-state index in [1.165, 1.54) is 51.4 Å². The lowest BCUT2D eigenvalue weighted by Gasteiger charge is -2.57. The normalized spacial score (nSPS) is 46.0. The van der Waals surface area contributed by atoms with Gasteiger partial charge in [0.05, 0.1) is 6.10 Å². The van der Waals surface area contributed by atoms with Gasteiger partial charge in [-0.1, -0.05) is 72.1 Å². The summed E-state index contributed by atoms with van der Waals surface area (Å²) < 4.78 is 0. The second-order valence-electron chi connectivity index (χ2n) is 11.8. The first-order valence-corrected chi connectivity index (χ1v) is 12.3. The number of hydrogen-bond acceptors (Lipinski definition) is 1. The monoisotopic (exact) mass is 384 g/mol. The topological polar surface area (TPSA) is 20.2 Å². The molecule has 158 valence electrons. The molecule has 0 aromatic carbocycles. The van der Waals surface area contributed by atoms with E-state index in [1.807, 2.05) is 0 Å². The van der Waals surface area contributed by atoms with E-state index in [9.17, 15) is 5.11 Å². The fraction of sp³-hybridized carbons (Fsp3) is 0.852. The summed E-state index contributed by atoms with van der Waals surface area (Å²) in [6, 6.07) is 0. The molecule has 0 radical (unpaired) electrons. The summed E-state index contributed by atoms with van der Waals surface area (Å²) in [6.07, 6.45) is 18.9. The molecule has 0 spiro atoms. The number of allylic oxidation sites excluding steroid dienone is 4. The van der Waals surface area contributed by atoms with Gasteiger partial charge >= 0.3 is 0 Å². The van der Waals surface area contributed by atoms with Crippen LogP contribution in [0.3, 0.4) is 0 Å². The number of rotatable bonds is 5. The Hall–Kier alpha value is -0.560. The van der Waals surface area contributed by atoms with Crippen LogP contribution in [-0.4, -0.2) is 11.2 Å². The molecule has 2 fully saturated rings. The molecule has 4 aliphatic carbocycles. The molecule has 28 heavy (non-hydrogen) atoms. The van der Waals surface area contributed by atoms with Gasteiger partial charge < -0.3 is 5.11 Å². The maximum Gasteiger partial charge on any atom is 0.0579 e. The Labute approximate surface area is 174 Å². The highest BCUT2D eigenvalue weighted by Gasteiger charge is 2.61. The van der Waals surface area contributed by atoms with E-state index in [-0.39, 0.29) is 6.10 Å². The van der Waals surface area contributed by atoms with Crippen LogP contribution < -0.4 is 0 Å². The van der Waals surface area contributed by atoms with E-state index in [2.05, 4.69) is 52.8 Å². The molecule has 0 aromatic heterocycles. The zero-order chi connectivity index (χ0) is 20.1. The van der Waals surface area contributed by atoms with Crippen molar-refractivity contribution in [1.82, 2.24) is 0 Å². The molecular weight excluding hydrogens is 340 g/mol. The molecule has 1 heteroatoms. The van der Waals surface area contributed by atoms with Crippen molar-refractivity contribution in [1.29, 1.82) is 0 Å². The van der Waals surface area contributed by atoms with Crippen LogP contribution >= 0.6 is 0 Å². The van der Waals surface area contributed by atoms with Crippen LogP contribution in [0.5, 0.6) is 0 Å². The van der Waals surface area contributed by atoms with Gasteiger partial charge in [-0.15, -0.1) is 0 Å². The Bertz CT molecular complexity index is 630. The summed E-state index contributed by atoms with van der Waals surface area (Å²) in [5.41, 5.74) is 2.37. The lowest BCUT2D eigenvalue weighted by molar-refractivity contribution is -0.0517. The van der Waals surface area contributed by atoms with Crippen LogP contribution in [0.1, 0.15) is 92.4 Å². The number of aliphatic hydroxyl groups excluding tert-OH is 1. The minimum absolute atomic E-state index is 0.0766. The fourth-order valence-corrected chi connectivity index (χ4v) is 8.41. The Morgan fingerprint density at radius 1 is 1.11 bits per heavy atom. The summed E-state index contributed by atoms with van der Waals surface area (Å²) >= 11 is 0. The maximum atomic E-state index is 11.2. The van der Waals surface area contributed by atoms with Crippen molar-refractivity contribution in [3.63, 3.8) is 0 Å². The molecule has 0 saturated heterocycles. The van der Waals surface area contributed by atoms with E-state index in [4.69, 9.17) is 0 Å². The van der Waals surface area contributed by atoms with Gasteiger partial charge in [0.25, 0.3) is 0 Å². The molecule has 0 amide bonds. The van der Waals surface area contributed by atoms with Crippen molar-refractivity contribution in [2.45, 2.75) is 98.5 Å². The molecule has 4 rings (SSSR count). The largest absolute Gasteiger partial charge is 0.393 e. The minimum Gasteiger partial charge on any atom is -0.393 e. The number of fused-ring (bicyclic) bond motifs is 5. The van der Waals surface area contributed by atoms with Crippen LogP contribution in [0.25, 0.3) is 0 Å². The second kappa shape index (κ2) is 7.60. The molecular formula is C27H44O. The molecule has 2 saturated carbocycles. The summed E-state index contributed by atoms with van der Waals surface area (Å²) in [5, 5.41) is 11.2. The zero-order valence-corrected chi connectivity index (χ0v) is 19.1. The van der Waals surface area contributed by atoms with Gasteiger partial charge in [0.15, 0.2) is 0 Å². The summed E-state index contributed by atoms with van der Waals surface area (Å²) in [6.45, 7) is 12.2. The van der Waals surface area contributed by atoms with Gasteiger partial charge in [-0.25, -0.2) is 0 Å². The minimum atomic E-state index is -0.0766. The zero-order valence-electron chi connectivity index (χ0n) is 19.1. The highest BCUT2D eigenvalue weighted by Crippen LogP contribution is 2.66. The van der Waals surface area contributed by atoms with Crippen molar-refractivity contribution in [2.24, 2.45) is 46.3 Å². The van der Waals surface area contributed by atoms with Gasteiger partial charge in [-0.3, -0.25) is 0 Å². The van der Waals surface area contributed by atoms with Crippen LogP contribution in [0.15, 0.2) is 23.8 Å². The fourth-order valence-electron chi connectivity index (χ4n) is 8.41. The molecule has 0 aliphatic heterocycles. The Morgan fingerprint density at radius 2 is 1.89 bits per heavy atom. The number of aliphatic hydroxyl groups is 1. The number of hydrogen-bond donors (Lipinski definition) is 1. The SMILES string of the molecule is CC(C)CCC[C@@H](C)[C@H]1[C@H](O)C[C@H]2[C@@H]3CC=C4C=CCC[C@]4(C)[C@H]3CC[C@]12C. The van der Waals surface area contributed by atoms with Crippen molar-refractivity contribution < 1.29 is 5.11 Å². The van der Waals surface area contributed by atoms with Gasteiger partial charge in [0.1, 0.15) is 0 Å². The summed E-state index contributed by atoms with van der Waals surface area (Å²) in [5.74, 6) is 4.31. The third-order valence-electron chi connectivity index (χ3n) is 9.82. The third-order valence-corrected chi connectivity index (χ3v) is 9.82. The standard InChI is InChI=1S/C27H44O/c1-18(2)9-8-10-19(3)25-24(28)17-23-21-13-12-20-11-6-7-15-26(20,4)22(21)14-16-27(23,25)5/h6,11-12,18-19,21-25,28H,7-10,13-17H2,1-5H3/t19-,21-,22+,23+,24-,25+,26+,27+/m1/s1. The van der Waals surface area contributed by atoms with Gasteiger partial charge in [0, 0.05) is 0 Å². The predicted molar refractivity (Wildman–Crippen MR) is 119 cm³/mol. The van der Waals surface area contributed by atoms with Crippen molar-refractivity contribution >= 4 is 0 Å². The second-order valence-corrected chi connectivity index (χ2v) is 11.8. The van der Waals surface area contributed by atoms with E-state index < -0.39 is 0 Å². The quantitative estimate of drug-likeness (QED) is 0.533. The third kappa shape index (κ3) is 3.24. The van der Waals surface area contributed by atoms with Crippen molar-refractivity contribution in [2.75, 3.05) is 0 Å². The lowest BCUT2D eigenvalue weighted by atomic mass is 9.47. The first-order valence-electron chi connectivity index (χ1n) is 12.3. The summed E-state index contributed by atoms with van der Waals surface area (Å²) in [7, 11) is 0. The molecule has 4 aliphatic rings. The molecule has 0 heterocycles. The highest BCUT2D eigenvalue weighted by atomic mass is 16.3. The lowest BCUT2D eigenvalue weighted by Crippen LogP contribution is -2.49. The van der Waals surface area contributed by atoms with E-state index in [0.29, 0.717) is 22.7 Å². The smallest absolute Gasteiger partial charge is 0.0579 e. The van der Waals surface area contributed by atoms with Crippen LogP contribution in [0, 0.1) is 46.3 Å². The molecule has 0 bridgehead atoms. The Morgan fingerprint density at radius 3 is 2.64 bits per heavy atom. The van der Waals surface area contributed by atoms with Gasteiger partial charge in [-0.05, 0) is 90.4 Å². The predicted octanol–water partition coefficient (Wildman–Crippen LogP) is 7.16. The average Bonchev–Trinajstić information content (AvgIpc) is 2.91. The molecule has 0 aromatic rings. The van der Waals surface area contributed by atoms with Crippen molar-refractivity contribution in [3.8, 4) is 0 Å². The Balaban J connectivity index is 1.54. The van der Waals surface area contributed by atoms with Crippen LogP contribution in [0.2, 0.25) is 0 Å². The maximum absolute atomic E-state index is 11.2. The molecule has 1 N–H and O–H groups in total. The molecule has 8 atom stereocenters. The Kier molecular flexibility index (Phi) is 5.62. The van der Waals surface area contributed by atoms with Crippen LogP contribution in [0.4, 0.5) is 0 Å². The van der Waals surface area contributed by atoms with E-state index >= 15 is 0 Å². The summed E-state index contributed by atoms with van der Waals surface area (Å²) in [4.78, 5) is 0. The molecule has 1 nitrogen and oxygen atoms in total. The first-order chi connectivity index (χ1) is 13.3. The first kappa shape index (κ1) is 20.7. The molecule has 0 unspecified atom stereocenters. The van der Waals surface area contributed by atoms with Gasteiger partial charge in [-0.2, -0.15) is 0 Å². The highest BCUT2D eigenvalue weighted by molar-refractivity contribution is 5.34. The van der Waals surface area contributed by atoms with Gasteiger partial charge in [0.2, 0.25) is 0 Å².